The van der Waals surface area contributed by atoms with Crippen LogP contribution in [0.25, 0.3) is 0 Å². The number of likely N-dealkylation sites (tertiary alicyclic amines) is 1. The predicted octanol–water partition coefficient (Wildman–Crippen LogP) is 0.743. The molecule has 0 bridgehead atoms. The van der Waals surface area contributed by atoms with Crippen LogP contribution in [0.3, 0.4) is 0 Å². The SMILES string of the molecule is CN=C(NCCN1CCN(C(=O)C2CCCC2)CC1)NC1CCN(C(=O)C(C)C)C1. The van der Waals surface area contributed by atoms with Crippen molar-refractivity contribution in [3.8, 4) is 0 Å². The number of nitrogens with zero attached hydrogens (tertiary/aromatic N) is 4. The van der Waals surface area contributed by atoms with Crippen LogP contribution < -0.4 is 10.6 Å². The Morgan fingerprint density at radius 3 is 2.33 bits per heavy atom. The number of hydrogen-bond acceptors (Lipinski definition) is 4. The van der Waals surface area contributed by atoms with Crippen LogP contribution in [0.5, 0.6) is 0 Å². The Morgan fingerprint density at radius 1 is 1.00 bits per heavy atom. The fraction of sp³-hybridized carbons (Fsp3) is 0.864. The number of piperazine rings is 1. The lowest BCUT2D eigenvalue weighted by Gasteiger charge is -2.36. The molecule has 170 valence electrons. The number of aliphatic imine (C=N–C) groups is 1. The zero-order valence-electron chi connectivity index (χ0n) is 19.0. The van der Waals surface area contributed by atoms with E-state index in [2.05, 4.69) is 25.4 Å². The molecule has 0 aromatic rings. The average Bonchev–Trinajstić information content (AvgIpc) is 3.44. The van der Waals surface area contributed by atoms with Crippen molar-refractivity contribution in [1.29, 1.82) is 0 Å². The van der Waals surface area contributed by atoms with Gasteiger partial charge in [0.25, 0.3) is 0 Å². The second-order valence-electron chi connectivity index (χ2n) is 9.22. The van der Waals surface area contributed by atoms with Gasteiger partial charge in [-0.15, -0.1) is 0 Å². The summed E-state index contributed by atoms with van der Waals surface area (Å²) in [6.07, 6.45) is 5.55. The van der Waals surface area contributed by atoms with E-state index in [0.717, 1.165) is 77.6 Å². The molecule has 2 heterocycles. The fourth-order valence-corrected chi connectivity index (χ4v) is 4.79. The first kappa shape index (κ1) is 22.8. The Hall–Kier alpha value is -1.83. The van der Waals surface area contributed by atoms with Crippen molar-refractivity contribution in [3.05, 3.63) is 0 Å². The van der Waals surface area contributed by atoms with E-state index in [1.54, 1.807) is 7.05 Å². The van der Waals surface area contributed by atoms with Crippen molar-refractivity contribution in [2.24, 2.45) is 16.8 Å². The molecule has 2 N–H and O–H groups in total. The molecule has 0 aromatic carbocycles. The third kappa shape index (κ3) is 6.09. The largest absolute Gasteiger partial charge is 0.355 e. The monoisotopic (exact) mass is 420 g/mol. The summed E-state index contributed by atoms with van der Waals surface area (Å²) in [5.41, 5.74) is 0. The van der Waals surface area contributed by atoms with E-state index in [4.69, 9.17) is 0 Å². The molecule has 0 radical (unpaired) electrons. The van der Waals surface area contributed by atoms with E-state index in [1.807, 2.05) is 18.7 Å². The highest BCUT2D eigenvalue weighted by atomic mass is 16.2. The number of guanidine groups is 1. The number of hydrogen-bond donors (Lipinski definition) is 2. The van der Waals surface area contributed by atoms with Crippen molar-refractivity contribution in [2.75, 3.05) is 59.4 Å². The Balaban J connectivity index is 1.32. The summed E-state index contributed by atoms with van der Waals surface area (Å²) in [5.74, 6) is 1.75. The van der Waals surface area contributed by atoms with Crippen LogP contribution in [-0.2, 0) is 9.59 Å². The quantitative estimate of drug-likeness (QED) is 0.489. The van der Waals surface area contributed by atoms with Crippen LogP contribution in [-0.4, -0.2) is 97.9 Å². The summed E-state index contributed by atoms with van der Waals surface area (Å²) in [5, 5.41) is 6.86. The molecule has 1 aliphatic carbocycles. The average molecular weight is 421 g/mol. The number of carbonyl (C=O) groups excluding carboxylic acids is 2. The summed E-state index contributed by atoms with van der Waals surface area (Å²) in [6, 6.07) is 0.254. The molecule has 2 saturated heterocycles. The molecule has 0 aromatic heterocycles. The standard InChI is InChI=1S/C22H40N6O2/c1-17(2)20(29)28-10-8-19(16-28)25-22(23-3)24-9-11-26-12-14-27(15-13-26)21(30)18-6-4-5-7-18/h17-19H,4-16H2,1-3H3,(H2,23,24,25). The summed E-state index contributed by atoms with van der Waals surface area (Å²) in [6.45, 7) is 10.8. The highest BCUT2D eigenvalue weighted by Crippen LogP contribution is 2.26. The third-order valence-corrected chi connectivity index (χ3v) is 6.67. The number of rotatable bonds is 6. The zero-order valence-corrected chi connectivity index (χ0v) is 19.0. The molecular formula is C22H40N6O2. The Kier molecular flexibility index (Phi) is 8.36. The molecule has 30 heavy (non-hydrogen) atoms. The van der Waals surface area contributed by atoms with Gasteiger partial charge in [-0.1, -0.05) is 26.7 Å². The number of nitrogens with one attached hydrogen (secondary N) is 2. The van der Waals surface area contributed by atoms with Gasteiger partial charge in [0.1, 0.15) is 0 Å². The molecule has 0 spiro atoms. The van der Waals surface area contributed by atoms with Gasteiger partial charge in [0, 0.05) is 77.3 Å². The van der Waals surface area contributed by atoms with Gasteiger partial charge < -0.3 is 20.4 Å². The van der Waals surface area contributed by atoms with E-state index in [0.29, 0.717) is 5.91 Å². The molecule has 8 heteroatoms. The smallest absolute Gasteiger partial charge is 0.225 e. The minimum absolute atomic E-state index is 0.0510. The molecule has 1 unspecified atom stereocenters. The van der Waals surface area contributed by atoms with Crippen LogP contribution >= 0.6 is 0 Å². The topological polar surface area (TPSA) is 80.3 Å². The van der Waals surface area contributed by atoms with Crippen LogP contribution in [0, 0.1) is 11.8 Å². The van der Waals surface area contributed by atoms with Gasteiger partial charge in [0.2, 0.25) is 11.8 Å². The van der Waals surface area contributed by atoms with Crippen LogP contribution in [0.4, 0.5) is 0 Å². The minimum Gasteiger partial charge on any atom is -0.355 e. The van der Waals surface area contributed by atoms with Crippen molar-refractivity contribution in [3.63, 3.8) is 0 Å². The van der Waals surface area contributed by atoms with Crippen molar-refractivity contribution >= 4 is 17.8 Å². The molecule has 1 saturated carbocycles. The second-order valence-corrected chi connectivity index (χ2v) is 9.22. The van der Waals surface area contributed by atoms with Gasteiger partial charge in [-0.05, 0) is 19.3 Å². The lowest BCUT2D eigenvalue weighted by molar-refractivity contribution is -0.137. The van der Waals surface area contributed by atoms with Crippen LogP contribution in [0.1, 0.15) is 46.0 Å². The maximum atomic E-state index is 12.6. The van der Waals surface area contributed by atoms with E-state index >= 15 is 0 Å². The molecule has 1 atom stereocenters. The van der Waals surface area contributed by atoms with E-state index in [-0.39, 0.29) is 23.8 Å². The number of carbonyl (C=O) groups is 2. The summed E-state index contributed by atoms with van der Waals surface area (Å²) in [4.78, 5) is 35.5. The van der Waals surface area contributed by atoms with Gasteiger partial charge in [0.15, 0.2) is 5.96 Å². The van der Waals surface area contributed by atoms with Gasteiger partial charge >= 0.3 is 0 Å². The predicted molar refractivity (Wildman–Crippen MR) is 119 cm³/mol. The van der Waals surface area contributed by atoms with Crippen LogP contribution in [0.15, 0.2) is 4.99 Å². The molecule has 8 nitrogen and oxygen atoms in total. The fourth-order valence-electron chi connectivity index (χ4n) is 4.79. The highest BCUT2D eigenvalue weighted by Gasteiger charge is 2.30. The van der Waals surface area contributed by atoms with Crippen molar-refractivity contribution < 1.29 is 9.59 Å². The normalized spacial score (nSPS) is 24.0. The van der Waals surface area contributed by atoms with Crippen molar-refractivity contribution in [2.45, 2.75) is 52.0 Å². The lowest BCUT2D eigenvalue weighted by Crippen LogP contribution is -2.52. The van der Waals surface area contributed by atoms with Gasteiger partial charge in [0.05, 0.1) is 0 Å². The Bertz CT molecular complexity index is 609. The first-order chi connectivity index (χ1) is 14.5. The van der Waals surface area contributed by atoms with Crippen molar-refractivity contribution in [1.82, 2.24) is 25.3 Å². The molecule has 3 rings (SSSR count). The third-order valence-electron chi connectivity index (χ3n) is 6.67. The molecule has 2 amide bonds. The van der Waals surface area contributed by atoms with E-state index in [9.17, 15) is 9.59 Å². The zero-order chi connectivity index (χ0) is 21.5. The lowest BCUT2D eigenvalue weighted by atomic mass is 10.1. The Morgan fingerprint density at radius 2 is 1.70 bits per heavy atom. The van der Waals surface area contributed by atoms with Gasteiger partial charge in [-0.25, -0.2) is 0 Å². The first-order valence-corrected chi connectivity index (χ1v) is 11.7. The maximum absolute atomic E-state index is 12.6. The molecular weight excluding hydrogens is 380 g/mol. The molecule has 3 fully saturated rings. The Labute approximate surface area is 181 Å². The van der Waals surface area contributed by atoms with Crippen LogP contribution in [0.2, 0.25) is 0 Å². The second kappa shape index (κ2) is 11.0. The van der Waals surface area contributed by atoms with Gasteiger partial charge in [-0.2, -0.15) is 0 Å². The summed E-state index contributed by atoms with van der Waals surface area (Å²) < 4.78 is 0. The highest BCUT2D eigenvalue weighted by molar-refractivity contribution is 5.81. The molecule has 3 aliphatic rings. The molecule has 2 aliphatic heterocycles. The van der Waals surface area contributed by atoms with E-state index in [1.165, 1.54) is 12.8 Å². The first-order valence-electron chi connectivity index (χ1n) is 11.7. The van der Waals surface area contributed by atoms with Gasteiger partial charge in [-0.3, -0.25) is 19.5 Å². The summed E-state index contributed by atoms with van der Waals surface area (Å²) in [7, 11) is 1.79. The summed E-state index contributed by atoms with van der Waals surface area (Å²) >= 11 is 0. The van der Waals surface area contributed by atoms with E-state index < -0.39 is 0 Å². The minimum atomic E-state index is 0.0510. The maximum Gasteiger partial charge on any atom is 0.225 e. The number of amides is 2.